The monoisotopic (exact) mass is 261 g/mol. The van der Waals surface area contributed by atoms with E-state index in [2.05, 4.69) is 20.3 Å². The summed E-state index contributed by atoms with van der Waals surface area (Å²) in [4.78, 5) is 12.7. The highest BCUT2D eigenvalue weighted by atomic mass is 32.2. The first-order valence-corrected chi connectivity index (χ1v) is 6.74. The first-order valence-electron chi connectivity index (χ1n) is 5.51. The quantitative estimate of drug-likeness (QED) is 0.648. The van der Waals surface area contributed by atoms with Crippen molar-refractivity contribution in [3.8, 4) is 0 Å². The number of nitrogens with one attached hydrogen (secondary N) is 1. The van der Waals surface area contributed by atoms with Crippen molar-refractivity contribution in [2.24, 2.45) is 0 Å². The maximum Gasteiger partial charge on any atom is 0.191 e. The van der Waals surface area contributed by atoms with E-state index in [0.29, 0.717) is 17.5 Å². The average molecular weight is 261 g/mol. The molecule has 5 nitrogen and oxygen atoms in total. The molecule has 0 saturated heterocycles. The molecule has 0 fully saturated rings. The van der Waals surface area contributed by atoms with Crippen LogP contribution >= 0.6 is 11.8 Å². The van der Waals surface area contributed by atoms with Gasteiger partial charge in [0.1, 0.15) is 11.6 Å². The summed E-state index contributed by atoms with van der Waals surface area (Å²) < 4.78 is 0. The third-order valence-corrected chi connectivity index (χ3v) is 2.90. The minimum absolute atomic E-state index is 0.471. The SMILES string of the molecule is CSc1nc(N)cc(NCc2ccc(C)nc2)n1. The van der Waals surface area contributed by atoms with Crippen LogP contribution < -0.4 is 11.1 Å². The van der Waals surface area contributed by atoms with Gasteiger partial charge in [0.05, 0.1) is 0 Å². The van der Waals surface area contributed by atoms with Gasteiger partial charge in [-0.1, -0.05) is 17.8 Å². The highest BCUT2D eigenvalue weighted by Gasteiger charge is 2.01. The molecular weight excluding hydrogens is 246 g/mol. The summed E-state index contributed by atoms with van der Waals surface area (Å²) in [6, 6.07) is 5.75. The van der Waals surface area contributed by atoms with E-state index in [1.165, 1.54) is 11.8 Å². The summed E-state index contributed by atoms with van der Waals surface area (Å²) >= 11 is 1.47. The molecule has 0 aliphatic heterocycles. The summed E-state index contributed by atoms with van der Waals surface area (Å²) in [5.74, 6) is 1.20. The van der Waals surface area contributed by atoms with Gasteiger partial charge in [-0.25, -0.2) is 9.97 Å². The number of aromatic nitrogens is 3. The van der Waals surface area contributed by atoms with Gasteiger partial charge in [0.2, 0.25) is 0 Å². The maximum absolute atomic E-state index is 5.71. The first kappa shape index (κ1) is 12.6. The van der Waals surface area contributed by atoms with Gasteiger partial charge in [-0.3, -0.25) is 4.98 Å². The molecule has 0 atom stereocenters. The summed E-state index contributed by atoms with van der Waals surface area (Å²) in [7, 11) is 0. The lowest BCUT2D eigenvalue weighted by molar-refractivity contribution is 0.961. The van der Waals surface area contributed by atoms with Crippen molar-refractivity contribution in [1.82, 2.24) is 15.0 Å². The van der Waals surface area contributed by atoms with E-state index in [9.17, 15) is 0 Å². The van der Waals surface area contributed by atoms with E-state index >= 15 is 0 Å². The third-order valence-electron chi connectivity index (χ3n) is 2.35. The van der Waals surface area contributed by atoms with Gasteiger partial charge in [0, 0.05) is 24.5 Å². The molecule has 0 spiro atoms. The molecular formula is C12H15N5S. The van der Waals surface area contributed by atoms with E-state index in [1.54, 1.807) is 6.07 Å². The van der Waals surface area contributed by atoms with E-state index in [-0.39, 0.29) is 0 Å². The number of nitrogen functional groups attached to an aromatic ring is 1. The van der Waals surface area contributed by atoms with Gasteiger partial charge in [-0.05, 0) is 24.8 Å². The smallest absolute Gasteiger partial charge is 0.191 e. The topological polar surface area (TPSA) is 76.7 Å². The lowest BCUT2D eigenvalue weighted by Crippen LogP contribution is -2.04. The van der Waals surface area contributed by atoms with E-state index in [0.717, 1.165) is 17.1 Å². The van der Waals surface area contributed by atoms with Crippen molar-refractivity contribution in [3.05, 3.63) is 35.7 Å². The fourth-order valence-corrected chi connectivity index (χ4v) is 1.81. The van der Waals surface area contributed by atoms with Crippen molar-refractivity contribution >= 4 is 23.4 Å². The lowest BCUT2D eigenvalue weighted by Gasteiger charge is -2.07. The number of anilines is 2. The van der Waals surface area contributed by atoms with E-state index < -0.39 is 0 Å². The molecule has 2 aromatic rings. The predicted molar refractivity (Wildman–Crippen MR) is 74.5 cm³/mol. The third kappa shape index (κ3) is 3.33. The molecule has 2 heterocycles. The summed E-state index contributed by atoms with van der Waals surface area (Å²) in [5.41, 5.74) is 7.82. The van der Waals surface area contributed by atoms with Crippen LogP contribution in [0.3, 0.4) is 0 Å². The van der Waals surface area contributed by atoms with Crippen LogP contribution in [-0.4, -0.2) is 21.2 Å². The van der Waals surface area contributed by atoms with Crippen molar-refractivity contribution < 1.29 is 0 Å². The Labute approximate surface area is 110 Å². The fraction of sp³-hybridized carbons (Fsp3) is 0.250. The Morgan fingerprint density at radius 3 is 2.83 bits per heavy atom. The zero-order valence-electron chi connectivity index (χ0n) is 10.3. The number of nitrogens with two attached hydrogens (primary N) is 1. The number of rotatable bonds is 4. The van der Waals surface area contributed by atoms with Crippen LogP contribution in [0.5, 0.6) is 0 Å². The maximum atomic E-state index is 5.71. The number of nitrogens with zero attached hydrogens (tertiary/aromatic N) is 3. The molecule has 0 amide bonds. The number of thioether (sulfide) groups is 1. The molecule has 2 rings (SSSR count). The molecule has 0 aliphatic carbocycles. The zero-order valence-corrected chi connectivity index (χ0v) is 11.2. The largest absolute Gasteiger partial charge is 0.383 e. The molecule has 0 unspecified atom stereocenters. The van der Waals surface area contributed by atoms with Crippen LogP contribution in [0.25, 0.3) is 0 Å². The Morgan fingerprint density at radius 2 is 2.17 bits per heavy atom. The molecule has 94 valence electrons. The summed E-state index contributed by atoms with van der Waals surface area (Å²) in [6.45, 7) is 2.63. The first-order chi connectivity index (χ1) is 8.67. The minimum atomic E-state index is 0.471. The molecule has 0 bridgehead atoms. The second-order valence-corrected chi connectivity index (χ2v) is 4.60. The van der Waals surface area contributed by atoms with E-state index in [4.69, 9.17) is 5.73 Å². The van der Waals surface area contributed by atoms with Crippen molar-refractivity contribution in [2.45, 2.75) is 18.6 Å². The molecule has 0 aliphatic rings. The van der Waals surface area contributed by atoms with Gasteiger partial charge in [0.15, 0.2) is 5.16 Å². The lowest BCUT2D eigenvalue weighted by atomic mass is 10.2. The van der Waals surface area contributed by atoms with Crippen molar-refractivity contribution in [2.75, 3.05) is 17.3 Å². The van der Waals surface area contributed by atoms with Crippen LogP contribution in [0.1, 0.15) is 11.3 Å². The Bertz CT molecular complexity index is 526. The Hall–Kier alpha value is -1.82. The molecule has 18 heavy (non-hydrogen) atoms. The Morgan fingerprint density at radius 1 is 1.33 bits per heavy atom. The van der Waals surface area contributed by atoms with Crippen molar-refractivity contribution in [1.29, 1.82) is 0 Å². The number of pyridine rings is 1. The highest BCUT2D eigenvalue weighted by Crippen LogP contribution is 2.15. The van der Waals surface area contributed by atoms with Crippen LogP contribution in [0.2, 0.25) is 0 Å². The van der Waals surface area contributed by atoms with Gasteiger partial charge < -0.3 is 11.1 Å². The Kier molecular flexibility index (Phi) is 3.99. The average Bonchev–Trinajstić information content (AvgIpc) is 2.37. The molecule has 0 aromatic carbocycles. The van der Waals surface area contributed by atoms with Crippen LogP contribution in [-0.2, 0) is 6.54 Å². The molecule has 3 N–H and O–H groups in total. The standard InChI is InChI=1S/C12H15N5S/c1-8-3-4-9(6-14-8)7-15-11-5-10(13)16-12(17-11)18-2/h3-6H,7H2,1-2H3,(H3,13,15,16,17). The molecule has 6 heteroatoms. The van der Waals surface area contributed by atoms with Gasteiger partial charge in [-0.2, -0.15) is 0 Å². The van der Waals surface area contributed by atoms with Crippen LogP contribution in [0.4, 0.5) is 11.6 Å². The van der Waals surface area contributed by atoms with E-state index in [1.807, 2.05) is 31.5 Å². The number of aryl methyl sites for hydroxylation is 1. The van der Waals surface area contributed by atoms with Gasteiger partial charge in [0.25, 0.3) is 0 Å². The fourth-order valence-electron chi connectivity index (χ4n) is 1.42. The van der Waals surface area contributed by atoms with Crippen LogP contribution in [0.15, 0.2) is 29.6 Å². The second-order valence-electron chi connectivity index (χ2n) is 3.83. The molecule has 2 aromatic heterocycles. The highest BCUT2D eigenvalue weighted by molar-refractivity contribution is 7.98. The predicted octanol–water partition coefficient (Wildman–Crippen LogP) is 2.10. The molecule has 0 saturated carbocycles. The van der Waals surface area contributed by atoms with Crippen LogP contribution in [0, 0.1) is 6.92 Å². The van der Waals surface area contributed by atoms with Gasteiger partial charge in [-0.15, -0.1) is 0 Å². The Balaban J connectivity index is 2.05. The normalized spacial score (nSPS) is 10.3. The zero-order chi connectivity index (χ0) is 13.0. The minimum Gasteiger partial charge on any atom is -0.383 e. The van der Waals surface area contributed by atoms with Gasteiger partial charge >= 0.3 is 0 Å². The number of hydrogen-bond acceptors (Lipinski definition) is 6. The summed E-state index contributed by atoms with van der Waals surface area (Å²) in [5, 5.41) is 3.88. The second kappa shape index (κ2) is 5.68. The molecule has 0 radical (unpaired) electrons. The summed E-state index contributed by atoms with van der Waals surface area (Å²) in [6.07, 6.45) is 3.77. The number of hydrogen-bond donors (Lipinski definition) is 2. The van der Waals surface area contributed by atoms with Crippen molar-refractivity contribution in [3.63, 3.8) is 0 Å².